The summed E-state index contributed by atoms with van der Waals surface area (Å²) in [5.41, 5.74) is 0.597. The molecule has 11 heavy (non-hydrogen) atoms. The van der Waals surface area contributed by atoms with Gasteiger partial charge in [-0.1, -0.05) is 6.08 Å². The molecule has 3 heteroatoms. The molecule has 1 aliphatic rings. The molecule has 3 nitrogen and oxygen atoms in total. The fourth-order valence-corrected chi connectivity index (χ4v) is 1.06. The largest absolute Gasteiger partial charge is 0.370 e. The summed E-state index contributed by atoms with van der Waals surface area (Å²) in [6.07, 6.45) is 2.36. The molecule has 0 fully saturated rings. The molecule has 0 aromatic heterocycles. The smallest absolute Gasteiger partial charge is 0.251 e. The minimum atomic E-state index is -0.763. The molecule has 60 valence electrons. The van der Waals surface area contributed by atoms with Gasteiger partial charge in [0, 0.05) is 12.1 Å². The summed E-state index contributed by atoms with van der Waals surface area (Å²) in [5, 5.41) is 9.24. The molecule has 0 spiro atoms. The number of nitrogens with zero attached hydrogens (tertiary/aromatic N) is 1. The maximum absolute atomic E-state index is 11.2. The van der Waals surface area contributed by atoms with E-state index in [2.05, 4.69) is 6.58 Å². The lowest BCUT2D eigenvalue weighted by molar-refractivity contribution is -0.130. The van der Waals surface area contributed by atoms with Gasteiger partial charge in [0.05, 0.1) is 0 Å². The Morgan fingerprint density at radius 3 is 2.91 bits per heavy atom. The van der Waals surface area contributed by atoms with Gasteiger partial charge >= 0.3 is 0 Å². The first kappa shape index (κ1) is 8.01. The molecule has 1 atom stereocenters. The number of hydrogen-bond donors (Lipinski definition) is 1. The highest BCUT2D eigenvalue weighted by Gasteiger charge is 2.26. The molecular formula is C8H11NO2. The topological polar surface area (TPSA) is 40.5 Å². The van der Waals surface area contributed by atoms with Crippen molar-refractivity contribution in [1.82, 2.24) is 4.90 Å². The van der Waals surface area contributed by atoms with E-state index < -0.39 is 6.23 Å². The zero-order valence-electron chi connectivity index (χ0n) is 6.45. The van der Waals surface area contributed by atoms with Gasteiger partial charge in [0.2, 0.25) is 0 Å². The first-order valence-electron chi connectivity index (χ1n) is 3.45. The van der Waals surface area contributed by atoms with Crippen molar-refractivity contribution in [2.24, 2.45) is 0 Å². The van der Waals surface area contributed by atoms with Crippen molar-refractivity contribution in [1.29, 1.82) is 0 Å². The Labute approximate surface area is 65.6 Å². The third-order valence-electron chi connectivity index (χ3n) is 1.64. The highest BCUT2D eigenvalue weighted by Crippen LogP contribution is 2.14. The molecule has 1 N–H and O–H groups in total. The lowest BCUT2D eigenvalue weighted by Gasteiger charge is -2.17. The average Bonchev–Trinajstić information content (AvgIpc) is 2.17. The van der Waals surface area contributed by atoms with E-state index in [9.17, 15) is 9.90 Å². The van der Waals surface area contributed by atoms with Crippen LogP contribution in [0.1, 0.15) is 6.92 Å². The quantitative estimate of drug-likeness (QED) is 0.579. The standard InChI is InChI=1S/C8H11NO2/c1-3-4-9-7(10)5-6(2)8(9)11/h3,5,7,10H,1,4H2,2H3/t7-/m0/s1. The van der Waals surface area contributed by atoms with Gasteiger partial charge in [-0.15, -0.1) is 6.58 Å². The maximum Gasteiger partial charge on any atom is 0.251 e. The number of rotatable bonds is 2. The monoisotopic (exact) mass is 153 g/mol. The van der Waals surface area contributed by atoms with E-state index in [0.717, 1.165) is 0 Å². The van der Waals surface area contributed by atoms with E-state index >= 15 is 0 Å². The molecule has 0 aromatic carbocycles. The van der Waals surface area contributed by atoms with Crippen molar-refractivity contribution in [2.45, 2.75) is 13.2 Å². The van der Waals surface area contributed by atoms with E-state index in [1.54, 1.807) is 13.0 Å². The van der Waals surface area contributed by atoms with Crippen molar-refractivity contribution >= 4 is 5.91 Å². The number of hydrogen-bond acceptors (Lipinski definition) is 2. The lowest BCUT2D eigenvalue weighted by atomic mass is 10.3. The Kier molecular flexibility index (Phi) is 2.10. The SMILES string of the molecule is C=CCN1C(=O)C(C)=C[C@@H]1O. The Hall–Kier alpha value is -1.09. The summed E-state index contributed by atoms with van der Waals surface area (Å²) >= 11 is 0. The van der Waals surface area contributed by atoms with Crippen LogP contribution < -0.4 is 0 Å². The Bertz CT molecular complexity index is 220. The number of amides is 1. The van der Waals surface area contributed by atoms with E-state index in [1.165, 1.54) is 11.0 Å². The van der Waals surface area contributed by atoms with Crippen LogP contribution in [0, 0.1) is 0 Å². The fourth-order valence-electron chi connectivity index (χ4n) is 1.06. The minimum Gasteiger partial charge on any atom is -0.370 e. The van der Waals surface area contributed by atoms with Crippen LogP contribution >= 0.6 is 0 Å². The van der Waals surface area contributed by atoms with Crippen molar-refractivity contribution in [3.8, 4) is 0 Å². The Morgan fingerprint density at radius 2 is 2.55 bits per heavy atom. The third-order valence-corrected chi connectivity index (χ3v) is 1.64. The molecule has 0 aliphatic carbocycles. The van der Waals surface area contributed by atoms with Crippen LogP contribution in [0.5, 0.6) is 0 Å². The first-order chi connectivity index (χ1) is 5.16. The van der Waals surface area contributed by atoms with Gasteiger partial charge in [-0.25, -0.2) is 0 Å². The molecule has 0 bridgehead atoms. The predicted octanol–water partition coefficient (Wildman–Crippen LogP) is 0.279. The molecule has 1 heterocycles. The van der Waals surface area contributed by atoms with Crippen molar-refractivity contribution in [3.63, 3.8) is 0 Å². The van der Waals surface area contributed by atoms with Crippen LogP contribution in [-0.2, 0) is 4.79 Å². The van der Waals surface area contributed by atoms with Crippen molar-refractivity contribution in [2.75, 3.05) is 6.54 Å². The van der Waals surface area contributed by atoms with Crippen LogP contribution in [0.25, 0.3) is 0 Å². The number of carbonyl (C=O) groups is 1. The van der Waals surface area contributed by atoms with Crippen LogP contribution in [0.2, 0.25) is 0 Å². The van der Waals surface area contributed by atoms with Crippen molar-refractivity contribution < 1.29 is 9.90 Å². The van der Waals surface area contributed by atoms with E-state index in [-0.39, 0.29) is 5.91 Å². The summed E-state index contributed by atoms with van der Waals surface area (Å²) in [7, 11) is 0. The highest BCUT2D eigenvalue weighted by atomic mass is 16.3. The van der Waals surface area contributed by atoms with Crippen LogP contribution in [-0.4, -0.2) is 28.7 Å². The second kappa shape index (κ2) is 2.88. The van der Waals surface area contributed by atoms with Gasteiger partial charge in [-0.2, -0.15) is 0 Å². The summed E-state index contributed by atoms with van der Waals surface area (Å²) < 4.78 is 0. The minimum absolute atomic E-state index is 0.114. The second-order valence-corrected chi connectivity index (χ2v) is 2.51. The molecule has 1 rings (SSSR count). The van der Waals surface area contributed by atoms with Gasteiger partial charge in [-0.05, 0) is 13.0 Å². The second-order valence-electron chi connectivity index (χ2n) is 2.51. The fraction of sp³-hybridized carbons (Fsp3) is 0.375. The first-order valence-corrected chi connectivity index (χ1v) is 3.45. The number of aliphatic hydroxyl groups excluding tert-OH is 1. The molecule has 1 aliphatic heterocycles. The van der Waals surface area contributed by atoms with Gasteiger partial charge in [0.1, 0.15) is 6.23 Å². The lowest BCUT2D eigenvalue weighted by Crippen LogP contribution is -2.34. The predicted molar refractivity (Wildman–Crippen MR) is 41.7 cm³/mol. The van der Waals surface area contributed by atoms with Gasteiger partial charge in [0.25, 0.3) is 5.91 Å². The van der Waals surface area contributed by atoms with E-state index in [4.69, 9.17) is 0 Å². The number of carbonyl (C=O) groups excluding carboxylic acids is 1. The third kappa shape index (κ3) is 1.33. The van der Waals surface area contributed by atoms with Crippen LogP contribution in [0.4, 0.5) is 0 Å². The summed E-state index contributed by atoms with van der Waals surface area (Å²) in [6, 6.07) is 0. The molecule has 1 amide bonds. The molecule has 0 aromatic rings. The van der Waals surface area contributed by atoms with E-state index in [1.807, 2.05) is 0 Å². The summed E-state index contributed by atoms with van der Waals surface area (Å²) in [6.45, 7) is 5.58. The van der Waals surface area contributed by atoms with Gasteiger partial charge < -0.3 is 10.0 Å². The average molecular weight is 153 g/mol. The maximum atomic E-state index is 11.2. The molecule has 0 saturated carbocycles. The summed E-state index contributed by atoms with van der Waals surface area (Å²) in [5.74, 6) is -0.114. The van der Waals surface area contributed by atoms with Crippen molar-refractivity contribution in [3.05, 3.63) is 24.3 Å². The zero-order valence-corrected chi connectivity index (χ0v) is 6.45. The highest BCUT2D eigenvalue weighted by molar-refractivity contribution is 5.95. The molecule has 0 saturated heterocycles. The zero-order chi connectivity index (χ0) is 8.43. The molecular weight excluding hydrogens is 142 g/mol. The van der Waals surface area contributed by atoms with E-state index in [0.29, 0.717) is 12.1 Å². The molecule has 0 radical (unpaired) electrons. The molecule has 0 unspecified atom stereocenters. The summed E-state index contributed by atoms with van der Waals surface area (Å²) in [4.78, 5) is 12.5. The Morgan fingerprint density at radius 1 is 1.91 bits per heavy atom. The van der Waals surface area contributed by atoms with Crippen LogP contribution in [0.15, 0.2) is 24.3 Å². The Balaban J connectivity index is 2.72. The van der Waals surface area contributed by atoms with Gasteiger partial charge in [-0.3, -0.25) is 4.79 Å². The number of aliphatic hydroxyl groups is 1. The van der Waals surface area contributed by atoms with Gasteiger partial charge in [0.15, 0.2) is 0 Å². The normalized spacial score (nSPS) is 23.8. The van der Waals surface area contributed by atoms with Crippen LogP contribution in [0.3, 0.4) is 0 Å².